The molecule has 3 rings (SSSR count). The van der Waals surface area contributed by atoms with E-state index >= 15 is 0 Å². The van der Waals surface area contributed by atoms with Gasteiger partial charge in [-0.25, -0.2) is 4.79 Å². The number of aliphatic hydroxyl groups excluding tert-OH is 1. The molecule has 0 saturated heterocycles. The third-order valence-corrected chi connectivity index (χ3v) is 4.13. The van der Waals surface area contributed by atoms with Gasteiger partial charge in [-0.15, -0.1) is 0 Å². The lowest BCUT2D eigenvalue weighted by atomic mass is 9.93. The predicted molar refractivity (Wildman–Crippen MR) is 89.2 cm³/mol. The van der Waals surface area contributed by atoms with E-state index in [1.807, 2.05) is 18.2 Å². The van der Waals surface area contributed by atoms with Gasteiger partial charge in [-0.05, 0) is 17.2 Å². The molecule has 1 N–H and O–H groups in total. The van der Waals surface area contributed by atoms with Crippen molar-refractivity contribution in [3.63, 3.8) is 0 Å². The summed E-state index contributed by atoms with van der Waals surface area (Å²) in [7, 11) is 3.00. The third-order valence-electron chi connectivity index (χ3n) is 4.13. The van der Waals surface area contributed by atoms with Gasteiger partial charge in [0.25, 0.3) is 0 Å². The van der Waals surface area contributed by atoms with Crippen LogP contribution in [0.1, 0.15) is 39.3 Å². The van der Waals surface area contributed by atoms with Crippen LogP contribution in [0.5, 0.6) is 11.5 Å². The molecule has 0 spiro atoms. The van der Waals surface area contributed by atoms with Crippen molar-refractivity contribution in [3.8, 4) is 11.5 Å². The second kappa shape index (κ2) is 6.37. The number of fused-ring (bicyclic) bond motifs is 1. The number of carbonyl (C=O) groups excluding carboxylic acids is 1. The molecule has 1 aliphatic rings. The van der Waals surface area contributed by atoms with Crippen LogP contribution >= 0.6 is 0 Å². The minimum atomic E-state index is -1.03. The average molecular weight is 326 g/mol. The molecule has 2 aromatic carbocycles. The molecule has 2 unspecified atom stereocenters. The van der Waals surface area contributed by atoms with E-state index < -0.39 is 18.2 Å². The third kappa shape index (κ3) is 2.53. The molecule has 0 aliphatic carbocycles. The van der Waals surface area contributed by atoms with Gasteiger partial charge in [-0.3, -0.25) is 0 Å². The summed E-state index contributed by atoms with van der Waals surface area (Å²) in [6.45, 7) is 3.76. The van der Waals surface area contributed by atoms with Crippen molar-refractivity contribution in [2.24, 2.45) is 0 Å². The fourth-order valence-corrected chi connectivity index (χ4v) is 2.93. The number of methoxy groups -OCH3 is 2. The minimum Gasteiger partial charge on any atom is -0.497 e. The van der Waals surface area contributed by atoms with E-state index in [-0.39, 0.29) is 0 Å². The summed E-state index contributed by atoms with van der Waals surface area (Å²) in [5.41, 5.74) is 2.28. The van der Waals surface area contributed by atoms with Crippen molar-refractivity contribution in [1.29, 1.82) is 0 Å². The van der Waals surface area contributed by atoms with Gasteiger partial charge in [0.2, 0.25) is 0 Å². The first-order valence-corrected chi connectivity index (χ1v) is 7.47. The quantitative estimate of drug-likeness (QED) is 0.854. The molecular weight excluding hydrogens is 308 g/mol. The second-order valence-electron chi connectivity index (χ2n) is 5.40. The summed E-state index contributed by atoms with van der Waals surface area (Å²) in [6, 6.07) is 10.6. The van der Waals surface area contributed by atoms with Gasteiger partial charge in [0.05, 0.1) is 14.2 Å². The van der Waals surface area contributed by atoms with E-state index in [4.69, 9.17) is 14.2 Å². The molecule has 0 amide bonds. The smallest absolute Gasteiger partial charge is 0.343 e. The van der Waals surface area contributed by atoms with Gasteiger partial charge in [-0.2, -0.15) is 0 Å². The molecule has 1 heterocycles. The second-order valence-corrected chi connectivity index (χ2v) is 5.40. The Balaban J connectivity index is 2.10. The molecule has 0 bridgehead atoms. The Labute approximate surface area is 140 Å². The Morgan fingerprint density at radius 3 is 2.67 bits per heavy atom. The standard InChI is InChI=1S/C19H18O5/c1-4-11-7-5-6-8-13(11)17(20)18-14-9-12(22-2)10-15(23-3)16(14)19(21)24-18/h4-10,17-18,20H,1H2,2-3H3. The van der Waals surface area contributed by atoms with Crippen molar-refractivity contribution < 1.29 is 24.1 Å². The lowest BCUT2D eigenvalue weighted by Gasteiger charge is -2.20. The zero-order valence-electron chi connectivity index (χ0n) is 13.5. The summed E-state index contributed by atoms with van der Waals surface area (Å²) in [6.07, 6.45) is -0.207. The van der Waals surface area contributed by atoms with Crippen molar-refractivity contribution in [2.45, 2.75) is 12.2 Å². The maximum atomic E-state index is 12.3. The van der Waals surface area contributed by atoms with Crippen LogP contribution in [0.2, 0.25) is 0 Å². The van der Waals surface area contributed by atoms with Crippen molar-refractivity contribution in [3.05, 3.63) is 65.2 Å². The zero-order chi connectivity index (χ0) is 17.3. The summed E-state index contributed by atoms with van der Waals surface area (Å²) in [5.74, 6) is 0.365. The van der Waals surface area contributed by atoms with E-state index in [2.05, 4.69) is 6.58 Å². The molecule has 0 radical (unpaired) electrons. The van der Waals surface area contributed by atoms with Crippen molar-refractivity contribution in [2.75, 3.05) is 14.2 Å². The molecule has 0 fully saturated rings. The summed E-state index contributed by atoms with van der Waals surface area (Å²) >= 11 is 0. The summed E-state index contributed by atoms with van der Waals surface area (Å²) in [5, 5.41) is 10.8. The molecule has 0 saturated carbocycles. The van der Waals surface area contributed by atoms with E-state index in [9.17, 15) is 9.90 Å². The Morgan fingerprint density at radius 1 is 1.25 bits per heavy atom. The summed E-state index contributed by atoms with van der Waals surface area (Å²) in [4.78, 5) is 12.3. The van der Waals surface area contributed by atoms with Crippen LogP contribution in [0.15, 0.2) is 43.0 Å². The maximum absolute atomic E-state index is 12.3. The van der Waals surface area contributed by atoms with E-state index in [0.717, 1.165) is 5.56 Å². The number of esters is 1. The Morgan fingerprint density at radius 2 is 2.00 bits per heavy atom. The zero-order valence-corrected chi connectivity index (χ0v) is 13.5. The van der Waals surface area contributed by atoms with Crippen LogP contribution < -0.4 is 9.47 Å². The number of hydrogen-bond acceptors (Lipinski definition) is 5. The lowest BCUT2D eigenvalue weighted by Crippen LogP contribution is -2.12. The van der Waals surface area contributed by atoms with Crippen molar-refractivity contribution in [1.82, 2.24) is 0 Å². The van der Waals surface area contributed by atoms with Crippen LogP contribution in [0.4, 0.5) is 0 Å². The molecular formula is C19H18O5. The highest BCUT2D eigenvalue weighted by atomic mass is 16.6. The van der Waals surface area contributed by atoms with Gasteiger partial charge < -0.3 is 19.3 Å². The topological polar surface area (TPSA) is 65.0 Å². The first-order valence-electron chi connectivity index (χ1n) is 7.47. The van der Waals surface area contributed by atoms with Crippen LogP contribution in [0.3, 0.4) is 0 Å². The average Bonchev–Trinajstić information content (AvgIpc) is 2.97. The highest BCUT2D eigenvalue weighted by Gasteiger charge is 2.40. The molecule has 1 aliphatic heterocycles. The first kappa shape index (κ1) is 16.1. The Bertz CT molecular complexity index is 796. The van der Waals surface area contributed by atoms with Crippen LogP contribution in [0.25, 0.3) is 6.08 Å². The fraction of sp³-hybridized carbons (Fsp3) is 0.211. The SMILES string of the molecule is C=Cc1ccccc1C(O)C1OC(=O)c2c(OC)cc(OC)cc21. The fourth-order valence-electron chi connectivity index (χ4n) is 2.93. The van der Waals surface area contributed by atoms with Gasteiger partial charge >= 0.3 is 5.97 Å². The number of ether oxygens (including phenoxy) is 3. The maximum Gasteiger partial charge on any atom is 0.343 e. The minimum absolute atomic E-state index is 0.318. The largest absolute Gasteiger partial charge is 0.497 e. The molecule has 0 aromatic heterocycles. The number of cyclic esters (lactones) is 1. The van der Waals surface area contributed by atoms with E-state index in [1.54, 1.807) is 24.3 Å². The number of benzene rings is 2. The molecule has 2 atom stereocenters. The normalized spacial score (nSPS) is 17.0. The highest BCUT2D eigenvalue weighted by molar-refractivity contribution is 5.97. The predicted octanol–water partition coefficient (Wildman–Crippen LogP) is 3.29. The summed E-state index contributed by atoms with van der Waals surface area (Å²) < 4.78 is 16.0. The molecule has 5 heteroatoms. The molecule has 24 heavy (non-hydrogen) atoms. The van der Waals surface area contributed by atoms with Gasteiger partial charge in [0.1, 0.15) is 23.2 Å². The number of carbonyl (C=O) groups is 1. The Kier molecular flexibility index (Phi) is 4.27. The van der Waals surface area contributed by atoms with Crippen LogP contribution in [0, 0.1) is 0 Å². The van der Waals surface area contributed by atoms with Crippen molar-refractivity contribution >= 4 is 12.0 Å². The van der Waals surface area contributed by atoms with Gasteiger partial charge in [0, 0.05) is 11.6 Å². The van der Waals surface area contributed by atoms with E-state index in [0.29, 0.717) is 28.2 Å². The molecule has 5 nitrogen and oxygen atoms in total. The van der Waals surface area contributed by atoms with Crippen LogP contribution in [-0.2, 0) is 4.74 Å². The number of rotatable bonds is 5. The van der Waals surface area contributed by atoms with Crippen LogP contribution in [-0.4, -0.2) is 25.3 Å². The van der Waals surface area contributed by atoms with E-state index in [1.165, 1.54) is 14.2 Å². The highest BCUT2D eigenvalue weighted by Crippen LogP contribution is 2.45. The lowest BCUT2D eigenvalue weighted by molar-refractivity contribution is -0.0104. The number of aliphatic hydroxyl groups is 1. The van der Waals surface area contributed by atoms with Gasteiger partial charge in [0.15, 0.2) is 6.10 Å². The molecule has 2 aromatic rings. The van der Waals surface area contributed by atoms with Gasteiger partial charge in [-0.1, -0.05) is 36.9 Å². The Hall–Kier alpha value is -2.79. The monoisotopic (exact) mass is 326 g/mol. The first-order chi connectivity index (χ1) is 11.6. The molecule has 124 valence electrons. The number of hydrogen-bond donors (Lipinski definition) is 1.